The van der Waals surface area contributed by atoms with Crippen molar-refractivity contribution < 1.29 is 0 Å². The minimum absolute atomic E-state index is 0.336. The van der Waals surface area contributed by atoms with Crippen LogP contribution in [0.3, 0.4) is 0 Å². The van der Waals surface area contributed by atoms with Gasteiger partial charge in [-0.3, -0.25) is 0 Å². The summed E-state index contributed by atoms with van der Waals surface area (Å²) < 4.78 is 0. The van der Waals surface area contributed by atoms with Crippen LogP contribution in [0.2, 0.25) is 5.28 Å². The second-order valence-electron chi connectivity index (χ2n) is 3.75. The van der Waals surface area contributed by atoms with E-state index < -0.39 is 0 Å². The summed E-state index contributed by atoms with van der Waals surface area (Å²) >= 11 is 5.90. The van der Waals surface area contributed by atoms with Crippen LogP contribution in [0.15, 0.2) is 6.07 Å². The maximum Gasteiger partial charge on any atom is 0.224 e. The van der Waals surface area contributed by atoms with E-state index in [1.807, 2.05) is 6.07 Å². The Hall–Kier alpha value is -0.830. The summed E-state index contributed by atoms with van der Waals surface area (Å²) in [6.07, 6.45) is 0. The van der Waals surface area contributed by atoms with Crippen molar-refractivity contribution >= 4 is 17.4 Å². The Bertz CT molecular complexity index is 322. The van der Waals surface area contributed by atoms with Gasteiger partial charge >= 0.3 is 0 Å². The lowest BCUT2D eigenvalue weighted by Crippen LogP contribution is -2.23. The van der Waals surface area contributed by atoms with Gasteiger partial charge in [0.1, 0.15) is 5.82 Å². The Labute approximate surface area is 96.5 Å². The lowest BCUT2D eigenvalue weighted by Gasteiger charge is -2.20. The van der Waals surface area contributed by atoms with Crippen LogP contribution in [0.5, 0.6) is 0 Å². The van der Waals surface area contributed by atoms with E-state index in [1.54, 1.807) is 0 Å². The van der Waals surface area contributed by atoms with E-state index in [0.29, 0.717) is 11.2 Å². The van der Waals surface area contributed by atoms with Gasteiger partial charge in [-0.1, -0.05) is 13.8 Å². The number of aromatic nitrogens is 2. The average Bonchev–Trinajstić information content (AvgIpc) is 2.18. The molecule has 0 unspecified atom stereocenters. The molecule has 0 spiro atoms. The standard InChI is InChI=1S/C11H18ClN3/c1-5-15(6-2)10-7-9(8(3)4)13-11(12)14-10/h7-8H,5-6H2,1-4H3. The molecule has 0 saturated carbocycles. The summed E-state index contributed by atoms with van der Waals surface area (Å²) in [5, 5.41) is 0.336. The quantitative estimate of drug-likeness (QED) is 0.741. The molecule has 0 atom stereocenters. The molecule has 0 fully saturated rings. The fraction of sp³-hybridized carbons (Fsp3) is 0.636. The average molecular weight is 228 g/mol. The zero-order valence-corrected chi connectivity index (χ0v) is 10.5. The molecule has 84 valence electrons. The minimum Gasteiger partial charge on any atom is -0.357 e. The van der Waals surface area contributed by atoms with Gasteiger partial charge in [-0.25, -0.2) is 9.97 Å². The first-order chi connectivity index (χ1) is 7.08. The Morgan fingerprint density at radius 2 is 1.87 bits per heavy atom. The van der Waals surface area contributed by atoms with E-state index in [0.717, 1.165) is 24.6 Å². The lowest BCUT2D eigenvalue weighted by atomic mass is 10.1. The molecule has 1 heterocycles. The van der Waals surface area contributed by atoms with Crippen molar-refractivity contribution in [3.8, 4) is 0 Å². The van der Waals surface area contributed by atoms with E-state index in [2.05, 4.69) is 42.6 Å². The molecule has 1 aromatic rings. The summed E-state index contributed by atoms with van der Waals surface area (Å²) in [7, 11) is 0. The van der Waals surface area contributed by atoms with Crippen LogP contribution in [0.4, 0.5) is 5.82 Å². The van der Waals surface area contributed by atoms with E-state index in [4.69, 9.17) is 11.6 Å². The molecular formula is C11H18ClN3. The molecule has 0 amide bonds. The van der Waals surface area contributed by atoms with Crippen molar-refractivity contribution in [1.29, 1.82) is 0 Å². The van der Waals surface area contributed by atoms with E-state index in [-0.39, 0.29) is 0 Å². The second-order valence-corrected chi connectivity index (χ2v) is 4.09. The molecule has 0 aromatic carbocycles. The van der Waals surface area contributed by atoms with Gasteiger partial charge in [0.15, 0.2) is 0 Å². The first kappa shape index (κ1) is 12.2. The fourth-order valence-corrected chi connectivity index (χ4v) is 1.61. The van der Waals surface area contributed by atoms with Gasteiger partial charge in [0.2, 0.25) is 5.28 Å². The highest BCUT2D eigenvalue weighted by atomic mass is 35.5. The molecule has 0 saturated heterocycles. The molecule has 0 aliphatic rings. The summed E-state index contributed by atoms with van der Waals surface area (Å²) in [5.41, 5.74) is 0.997. The zero-order valence-electron chi connectivity index (χ0n) is 9.79. The van der Waals surface area contributed by atoms with Gasteiger partial charge in [-0.05, 0) is 31.4 Å². The Morgan fingerprint density at radius 1 is 1.27 bits per heavy atom. The normalized spacial score (nSPS) is 10.8. The summed E-state index contributed by atoms with van der Waals surface area (Å²) in [4.78, 5) is 10.6. The monoisotopic (exact) mass is 227 g/mol. The topological polar surface area (TPSA) is 29.0 Å². The smallest absolute Gasteiger partial charge is 0.224 e. The number of nitrogens with zero attached hydrogens (tertiary/aromatic N) is 3. The van der Waals surface area contributed by atoms with Crippen molar-refractivity contribution in [3.63, 3.8) is 0 Å². The summed E-state index contributed by atoms with van der Waals surface area (Å²) in [6, 6.07) is 2.02. The van der Waals surface area contributed by atoms with Crippen LogP contribution in [0, 0.1) is 0 Å². The van der Waals surface area contributed by atoms with Gasteiger partial charge in [0.05, 0.1) is 5.69 Å². The molecule has 0 aliphatic heterocycles. The van der Waals surface area contributed by atoms with Gasteiger partial charge < -0.3 is 4.90 Å². The SMILES string of the molecule is CCN(CC)c1cc(C(C)C)nc(Cl)n1. The largest absolute Gasteiger partial charge is 0.357 e. The summed E-state index contributed by atoms with van der Waals surface area (Å²) in [6.45, 7) is 10.3. The number of hydrogen-bond donors (Lipinski definition) is 0. The Kier molecular flexibility index (Phi) is 4.33. The molecule has 3 nitrogen and oxygen atoms in total. The molecule has 4 heteroatoms. The Balaban J connectivity index is 3.07. The molecule has 1 aromatic heterocycles. The first-order valence-corrected chi connectivity index (χ1v) is 5.75. The minimum atomic E-state index is 0.336. The van der Waals surface area contributed by atoms with Crippen molar-refractivity contribution in [2.75, 3.05) is 18.0 Å². The molecule has 0 bridgehead atoms. The lowest BCUT2D eigenvalue weighted by molar-refractivity contribution is 0.793. The third-order valence-electron chi connectivity index (χ3n) is 2.38. The second kappa shape index (κ2) is 5.31. The van der Waals surface area contributed by atoms with Crippen LogP contribution >= 0.6 is 11.6 Å². The third kappa shape index (κ3) is 3.06. The van der Waals surface area contributed by atoms with Crippen LogP contribution in [-0.2, 0) is 0 Å². The summed E-state index contributed by atoms with van der Waals surface area (Å²) in [5.74, 6) is 1.29. The molecule has 1 rings (SSSR count). The van der Waals surface area contributed by atoms with Crippen molar-refractivity contribution in [1.82, 2.24) is 9.97 Å². The molecular weight excluding hydrogens is 210 g/mol. The van der Waals surface area contributed by atoms with Gasteiger partial charge in [0.25, 0.3) is 0 Å². The Morgan fingerprint density at radius 3 is 2.33 bits per heavy atom. The van der Waals surface area contributed by atoms with E-state index >= 15 is 0 Å². The highest BCUT2D eigenvalue weighted by molar-refractivity contribution is 6.28. The van der Waals surface area contributed by atoms with Crippen LogP contribution in [-0.4, -0.2) is 23.1 Å². The van der Waals surface area contributed by atoms with Crippen LogP contribution in [0.25, 0.3) is 0 Å². The predicted octanol–water partition coefficient (Wildman–Crippen LogP) is 3.10. The van der Waals surface area contributed by atoms with Crippen molar-refractivity contribution in [2.45, 2.75) is 33.6 Å². The molecule has 0 aliphatic carbocycles. The van der Waals surface area contributed by atoms with Crippen molar-refractivity contribution in [2.24, 2.45) is 0 Å². The van der Waals surface area contributed by atoms with Crippen LogP contribution in [0.1, 0.15) is 39.3 Å². The van der Waals surface area contributed by atoms with E-state index in [1.165, 1.54) is 0 Å². The maximum atomic E-state index is 5.90. The van der Waals surface area contributed by atoms with Gasteiger partial charge in [-0.15, -0.1) is 0 Å². The third-order valence-corrected chi connectivity index (χ3v) is 2.55. The highest BCUT2D eigenvalue weighted by Gasteiger charge is 2.09. The van der Waals surface area contributed by atoms with Gasteiger partial charge in [-0.2, -0.15) is 0 Å². The van der Waals surface area contributed by atoms with Gasteiger partial charge in [0, 0.05) is 19.2 Å². The molecule has 0 radical (unpaired) electrons. The first-order valence-electron chi connectivity index (χ1n) is 5.37. The molecule has 0 N–H and O–H groups in total. The number of anilines is 1. The van der Waals surface area contributed by atoms with E-state index in [9.17, 15) is 0 Å². The predicted molar refractivity (Wildman–Crippen MR) is 64.7 cm³/mol. The zero-order chi connectivity index (χ0) is 11.4. The number of halogens is 1. The van der Waals surface area contributed by atoms with Crippen molar-refractivity contribution in [3.05, 3.63) is 17.0 Å². The maximum absolute atomic E-state index is 5.90. The van der Waals surface area contributed by atoms with Crippen LogP contribution < -0.4 is 4.90 Å². The highest BCUT2D eigenvalue weighted by Crippen LogP contribution is 2.20. The fourth-order valence-electron chi connectivity index (χ4n) is 1.43. The number of hydrogen-bond acceptors (Lipinski definition) is 3. The number of rotatable bonds is 4. The molecule has 15 heavy (non-hydrogen) atoms.